The van der Waals surface area contributed by atoms with Crippen LogP contribution >= 0.6 is 0 Å². The second-order valence-electron chi connectivity index (χ2n) is 10.8. The Morgan fingerprint density at radius 2 is 1.62 bits per heavy atom. The van der Waals surface area contributed by atoms with Crippen molar-refractivity contribution < 1.29 is 54.2 Å². The van der Waals surface area contributed by atoms with E-state index in [4.69, 9.17) is 9.47 Å². The minimum atomic E-state index is -4.50. The number of nitrogens with one attached hydrogen (secondary N) is 2. The average Bonchev–Trinajstić information content (AvgIpc) is 3.47. The van der Waals surface area contributed by atoms with Crippen LogP contribution in [0.5, 0.6) is 5.75 Å². The fraction of sp³-hybridized carbons (Fsp3) is 0.375. The third-order valence-electron chi connectivity index (χ3n) is 7.65. The first-order valence-corrected chi connectivity index (χ1v) is 16.4. The predicted molar refractivity (Wildman–Crippen MR) is 165 cm³/mol. The number of nitrogens with zero attached hydrogens (tertiary/aromatic N) is 1. The van der Waals surface area contributed by atoms with Crippen molar-refractivity contribution >= 4 is 27.5 Å². The summed E-state index contributed by atoms with van der Waals surface area (Å²) in [7, 11) is -2.09. The Bertz CT molecular complexity index is 1640. The Labute approximate surface area is 274 Å². The number of benzene rings is 3. The lowest BCUT2D eigenvalue weighted by Gasteiger charge is -2.26. The Balaban J connectivity index is 1.48. The molecule has 0 aromatic heterocycles. The van der Waals surface area contributed by atoms with Gasteiger partial charge in [-0.15, -0.1) is 0 Å². The number of alkyl halides is 5. The third kappa shape index (κ3) is 9.56. The second kappa shape index (κ2) is 15.6. The van der Waals surface area contributed by atoms with E-state index >= 15 is 0 Å². The maximum Gasteiger partial charge on any atom is 0.416 e. The van der Waals surface area contributed by atoms with Crippen LogP contribution in [0.15, 0.2) is 77.7 Å². The van der Waals surface area contributed by atoms with Gasteiger partial charge in [-0.1, -0.05) is 19.1 Å². The van der Waals surface area contributed by atoms with Crippen molar-refractivity contribution in [3.05, 3.63) is 89.5 Å². The molecule has 0 unspecified atom stereocenters. The molecule has 0 bridgehead atoms. The molecule has 16 heteroatoms. The molecule has 260 valence electrons. The van der Waals surface area contributed by atoms with Gasteiger partial charge in [0.25, 0.3) is 5.91 Å². The van der Waals surface area contributed by atoms with Crippen LogP contribution in [0.1, 0.15) is 40.9 Å². The van der Waals surface area contributed by atoms with Gasteiger partial charge in [-0.3, -0.25) is 4.79 Å². The van der Waals surface area contributed by atoms with Gasteiger partial charge in [-0.2, -0.15) is 22.0 Å². The van der Waals surface area contributed by atoms with Crippen molar-refractivity contribution in [2.45, 2.75) is 49.2 Å². The van der Waals surface area contributed by atoms with E-state index in [1.165, 1.54) is 62.5 Å². The number of sulfone groups is 1. The highest BCUT2D eigenvalue weighted by atomic mass is 32.2. The first-order chi connectivity index (χ1) is 22.7. The number of amides is 2. The van der Waals surface area contributed by atoms with Gasteiger partial charge in [0, 0.05) is 24.7 Å². The normalized spacial score (nSPS) is 17.2. The molecule has 2 amide bonds. The molecule has 2 N–H and O–H groups in total. The van der Waals surface area contributed by atoms with Crippen LogP contribution in [0, 0.1) is 0 Å². The summed E-state index contributed by atoms with van der Waals surface area (Å²) in [6, 6.07) is 14.8. The number of rotatable bonds is 13. The quantitative estimate of drug-likeness (QED) is 0.222. The molecule has 1 aliphatic heterocycles. The number of alkyl carbamates (subject to hydrolysis) is 1. The molecule has 1 heterocycles. The standard InChI is InChI=1S/C32H34F5N3O7S/c1-3-48(43,44)27-14-6-20(7-15-27)28(19-46-31(42)38-2)39-29(41)21-4-10-23(11-5-21)40-17-26(16-24(40)18-45-30(33)34)47-25-12-8-22(9-13-25)32(35,36)37/h4-15,24,26,28,30H,3,16-19H2,1-2H3,(H,38,42)(H,39,41)/t24-,26-,28-/m0/s1. The molecule has 48 heavy (non-hydrogen) atoms. The van der Waals surface area contributed by atoms with E-state index in [0.29, 0.717) is 11.3 Å². The second-order valence-corrected chi connectivity index (χ2v) is 13.1. The summed E-state index contributed by atoms with van der Waals surface area (Å²) in [6.07, 6.45) is -5.56. The van der Waals surface area contributed by atoms with E-state index in [1.54, 1.807) is 17.0 Å². The van der Waals surface area contributed by atoms with Gasteiger partial charge in [0.2, 0.25) is 0 Å². The van der Waals surface area contributed by atoms with Crippen LogP contribution in [0.3, 0.4) is 0 Å². The fourth-order valence-corrected chi connectivity index (χ4v) is 5.99. The van der Waals surface area contributed by atoms with E-state index in [9.17, 15) is 40.0 Å². The Kier molecular flexibility index (Phi) is 11.9. The molecule has 3 aromatic rings. The predicted octanol–water partition coefficient (Wildman–Crippen LogP) is 5.59. The van der Waals surface area contributed by atoms with Crippen LogP contribution in [-0.4, -0.2) is 71.7 Å². The summed E-state index contributed by atoms with van der Waals surface area (Å²) in [5, 5.41) is 5.09. The van der Waals surface area contributed by atoms with E-state index in [-0.39, 0.29) is 48.1 Å². The van der Waals surface area contributed by atoms with E-state index in [0.717, 1.165) is 12.1 Å². The number of carbonyl (C=O) groups is 2. The number of carbonyl (C=O) groups excluding carboxylic acids is 2. The molecule has 1 fully saturated rings. The van der Waals surface area contributed by atoms with Crippen LogP contribution in [0.4, 0.5) is 32.4 Å². The van der Waals surface area contributed by atoms with Crippen molar-refractivity contribution in [2.24, 2.45) is 0 Å². The van der Waals surface area contributed by atoms with Gasteiger partial charge in [0.1, 0.15) is 18.5 Å². The molecule has 3 aromatic carbocycles. The Morgan fingerprint density at radius 1 is 0.979 bits per heavy atom. The molecular formula is C32H34F5N3O7S. The molecule has 0 spiro atoms. The van der Waals surface area contributed by atoms with Gasteiger partial charge in [0.05, 0.1) is 41.4 Å². The largest absolute Gasteiger partial charge is 0.489 e. The number of anilines is 1. The number of hydrogen-bond acceptors (Lipinski definition) is 8. The van der Waals surface area contributed by atoms with Crippen molar-refractivity contribution in [1.29, 1.82) is 0 Å². The number of hydrogen-bond donors (Lipinski definition) is 2. The third-order valence-corrected chi connectivity index (χ3v) is 9.40. The maximum atomic E-state index is 13.3. The van der Waals surface area contributed by atoms with Crippen LogP contribution < -0.4 is 20.3 Å². The van der Waals surface area contributed by atoms with Crippen LogP contribution in [0.25, 0.3) is 0 Å². The topological polar surface area (TPSA) is 123 Å². The van der Waals surface area contributed by atoms with Crippen molar-refractivity contribution in [3.63, 3.8) is 0 Å². The Hall–Kier alpha value is -4.44. The highest BCUT2D eigenvalue weighted by Gasteiger charge is 2.35. The maximum absolute atomic E-state index is 13.3. The van der Waals surface area contributed by atoms with Gasteiger partial charge in [-0.25, -0.2) is 13.2 Å². The lowest BCUT2D eigenvalue weighted by atomic mass is 10.1. The highest BCUT2D eigenvalue weighted by molar-refractivity contribution is 7.91. The molecule has 0 radical (unpaired) electrons. The van der Waals surface area contributed by atoms with Gasteiger partial charge in [0.15, 0.2) is 9.84 Å². The SMILES string of the molecule is CCS(=O)(=O)c1ccc([C@H](COC(=O)NC)NC(=O)c2ccc(N3C[C@@H](Oc4ccc(C(F)(F)F)cc4)C[C@H]3COC(F)F)cc2)cc1. The molecule has 1 saturated heterocycles. The molecule has 1 aliphatic rings. The zero-order valence-electron chi connectivity index (χ0n) is 25.9. The molecule has 3 atom stereocenters. The zero-order chi connectivity index (χ0) is 35.1. The summed E-state index contributed by atoms with van der Waals surface area (Å²) in [4.78, 5) is 26.9. The fourth-order valence-electron chi connectivity index (χ4n) is 5.10. The van der Waals surface area contributed by atoms with E-state index in [2.05, 4.69) is 15.4 Å². The monoisotopic (exact) mass is 699 g/mol. The minimum absolute atomic E-state index is 0.0907. The van der Waals surface area contributed by atoms with Gasteiger partial charge in [-0.05, 0) is 66.2 Å². The lowest BCUT2D eigenvalue weighted by Crippen LogP contribution is -2.34. The zero-order valence-corrected chi connectivity index (χ0v) is 26.7. The molecule has 10 nitrogen and oxygen atoms in total. The molecule has 0 aliphatic carbocycles. The average molecular weight is 700 g/mol. The van der Waals surface area contributed by atoms with E-state index in [1.807, 2.05) is 0 Å². The summed E-state index contributed by atoms with van der Waals surface area (Å²) in [5.41, 5.74) is 0.420. The van der Waals surface area contributed by atoms with Crippen LogP contribution in [0.2, 0.25) is 0 Å². The summed E-state index contributed by atoms with van der Waals surface area (Å²) >= 11 is 0. The van der Waals surface area contributed by atoms with Crippen molar-refractivity contribution in [1.82, 2.24) is 10.6 Å². The van der Waals surface area contributed by atoms with Gasteiger partial charge >= 0.3 is 18.9 Å². The number of ether oxygens (including phenoxy) is 3. The summed E-state index contributed by atoms with van der Waals surface area (Å²) in [6.45, 7) is -1.90. The first-order valence-electron chi connectivity index (χ1n) is 14.8. The molecular weight excluding hydrogens is 665 g/mol. The van der Waals surface area contributed by atoms with Crippen molar-refractivity contribution in [3.8, 4) is 5.75 Å². The molecule has 0 saturated carbocycles. The van der Waals surface area contributed by atoms with Crippen molar-refractivity contribution in [2.75, 3.05) is 37.5 Å². The van der Waals surface area contributed by atoms with Crippen LogP contribution in [-0.2, 0) is 25.5 Å². The highest BCUT2D eigenvalue weighted by Crippen LogP contribution is 2.33. The smallest absolute Gasteiger partial charge is 0.416 e. The Morgan fingerprint density at radius 3 is 2.19 bits per heavy atom. The minimum Gasteiger partial charge on any atom is -0.489 e. The van der Waals surface area contributed by atoms with Gasteiger partial charge < -0.3 is 29.7 Å². The first kappa shape index (κ1) is 36.4. The molecule has 4 rings (SSSR count). The lowest BCUT2D eigenvalue weighted by molar-refractivity contribution is -0.137. The number of halogens is 5. The van der Waals surface area contributed by atoms with E-state index < -0.39 is 58.4 Å². The summed E-state index contributed by atoms with van der Waals surface area (Å²) < 4.78 is 105. The summed E-state index contributed by atoms with van der Waals surface area (Å²) in [5.74, 6) is -0.446.